The molecular formula is C19H26N4O2S. The van der Waals surface area contributed by atoms with Crippen LogP contribution in [-0.4, -0.2) is 45.8 Å². The van der Waals surface area contributed by atoms with E-state index in [9.17, 15) is 4.79 Å². The van der Waals surface area contributed by atoms with E-state index in [1.807, 2.05) is 29.2 Å². The summed E-state index contributed by atoms with van der Waals surface area (Å²) in [6.07, 6.45) is 3.14. The molecule has 0 unspecified atom stereocenters. The summed E-state index contributed by atoms with van der Waals surface area (Å²) in [6, 6.07) is 7.91. The number of carbonyl (C=O) groups excluding carboxylic acids is 1. The molecule has 1 saturated heterocycles. The lowest BCUT2D eigenvalue weighted by Crippen LogP contribution is -2.38. The van der Waals surface area contributed by atoms with Gasteiger partial charge in [0, 0.05) is 32.0 Å². The van der Waals surface area contributed by atoms with Gasteiger partial charge >= 0.3 is 0 Å². The average molecular weight is 375 g/mol. The number of ether oxygens (including phenoxy) is 1. The zero-order chi connectivity index (χ0) is 18.5. The maximum Gasteiger partial charge on any atom is 0.222 e. The zero-order valence-corrected chi connectivity index (χ0v) is 16.2. The number of benzene rings is 1. The lowest BCUT2D eigenvalue weighted by atomic mass is 9.95. The number of hydrogen-bond acceptors (Lipinski definition) is 4. The van der Waals surface area contributed by atoms with Gasteiger partial charge in [-0.3, -0.25) is 9.89 Å². The highest BCUT2D eigenvalue weighted by molar-refractivity contribution is 7.71. The van der Waals surface area contributed by atoms with Gasteiger partial charge in [0.25, 0.3) is 0 Å². The number of methoxy groups -OCH3 is 1. The second kappa shape index (κ2) is 8.49. The molecule has 26 heavy (non-hydrogen) atoms. The van der Waals surface area contributed by atoms with Crippen molar-refractivity contribution in [2.75, 3.05) is 20.2 Å². The first-order valence-electron chi connectivity index (χ1n) is 9.18. The Labute approximate surface area is 159 Å². The topological polar surface area (TPSA) is 63.1 Å². The van der Waals surface area contributed by atoms with E-state index in [-0.39, 0.29) is 5.91 Å². The lowest BCUT2D eigenvalue weighted by Gasteiger charge is -2.31. The molecule has 0 radical (unpaired) electrons. The highest BCUT2D eigenvalue weighted by Crippen LogP contribution is 2.27. The van der Waals surface area contributed by atoms with Gasteiger partial charge in [-0.15, -0.1) is 0 Å². The molecule has 0 bridgehead atoms. The number of amides is 1. The largest absolute Gasteiger partial charge is 0.497 e. The van der Waals surface area contributed by atoms with Gasteiger partial charge in [-0.25, -0.2) is 0 Å². The van der Waals surface area contributed by atoms with Gasteiger partial charge in [-0.1, -0.05) is 12.1 Å². The van der Waals surface area contributed by atoms with Crippen molar-refractivity contribution in [3.8, 4) is 5.75 Å². The van der Waals surface area contributed by atoms with E-state index in [1.165, 1.54) is 0 Å². The molecule has 2 aromatic rings. The smallest absolute Gasteiger partial charge is 0.222 e. The molecule has 1 aromatic heterocycles. The summed E-state index contributed by atoms with van der Waals surface area (Å²) in [4.78, 5) is 14.5. The number of nitrogens with one attached hydrogen (secondary N) is 1. The molecule has 1 N–H and O–H groups in total. The minimum absolute atomic E-state index is 0.223. The first kappa shape index (κ1) is 18.6. The van der Waals surface area contributed by atoms with Crippen LogP contribution in [0.4, 0.5) is 0 Å². The minimum atomic E-state index is 0.223. The number of aryl methyl sites for hydroxylation is 1. The molecule has 140 valence electrons. The number of piperidine rings is 1. The predicted octanol–water partition coefficient (Wildman–Crippen LogP) is 3.31. The van der Waals surface area contributed by atoms with Crippen molar-refractivity contribution < 1.29 is 9.53 Å². The molecule has 1 aliphatic heterocycles. The quantitative estimate of drug-likeness (QED) is 0.788. The van der Waals surface area contributed by atoms with Crippen molar-refractivity contribution in [2.45, 2.75) is 45.1 Å². The van der Waals surface area contributed by atoms with Gasteiger partial charge in [-0.2, -0.15) is 5.10 Å². The summed E-state index contributed by atoms with van der Waals surface area (Å²) in [5.41, 5.74) is 1.13. The molecule has 2 heterocycles. The number of nitrogens with zero attached hydrogens (tertiary/aromatic N) is 3. The Morgan fingerprint density at radius 2 is 2.15 bits per heavy atom. The van der Waals surface area contributed by atoms with E-state index in [0.717, 1.165) is 56.0 Å². The van der Waals surface area contributed by atoms with Gasteiger partial charge in [0.15, 0.2) is 4.77 Å². The summed E-state index contributed by atoms with van der Waals surface area (Å²) in [5.74, 6) is 2.45. The third kappa shape index (κ3) is 4.15. The van der Waals surface area contributed by atoms with Crippen LogP contribution in [0.5, 0.6) is 5.75 Å². The van der Waals surface area contributed by atoms with Crippen molar-refractivity contribution in [3.05, 3.63) is 40.4 Å². The van der Waals surface area contributed by atoms with Gasteiger partial charge in [-0.05, 0) is 56.1 Å². The Kier molecular flexibility index (Phi) is 6.08. The van der Waals surface area contributed by atoms with Gasteiger partial charge in [0.05, 0.1) is 7.11 Å². The van der Waals surface area contributed by atoms with Crippen LogP contribution in [-0.2, 0) is 17.8 Å². The Hall–Kier alpha value is -2.15. The zero-order valence-electron chi connectivity index (χ0n) is 15.4. The van der Waals surface area contributed by atoms with E-state index < -0.39 is 0 Å². The maximum atomic E-state index is 12.5. The summed E-state index contributed by atoms with van der Waals surface area (Å²) < 4.78 is 7.97. The van der Waals surface area contributed by atoms with Crippen molar-refractivity contribution in [1.29, 1.82) is 0 Å². The Morgan fingerprint density at radius 1 is 1.38 bits per heavy atom. The molecule has 1 aromatic carbocycles. The molecule has 6 nitrogen and oxygen atoms in total. The molecule has 0 spiro atoms. The van der Waals surface area contributed by atoms with Gasteiger partial charge in [0.2, 0.25) is 5.91 Å². The van der Waals surface area contributed by atoms with Crippen LogP contribution in [0.2, 0.25) is 0 Å². The summed E-state index contributed by atoms with van der Waals surface area (Å²) in [6.45, 7) is 4.46. The molecule has 1 amide bonds. The van der Waals surface area contributed by atoms with Crippen LogP contribution >= 0.6 is 12.2 Å². The molecular weight excluding hydrogens is 348 g/mol. The van der Waals surface area contributed by atoms with Crippen LogP contribution in [0.15, 0.2) is 24.3 Å². The van der Waals surface area contributed by atoms with Gasteiger partial charge in [0.1, 0.15) is 11.6 Å². The molecule has 7 heteroatoms. The fraction of sp³-hybridized carbons (Fsp3) is 0.526. The predicted molar refractivity (Wildman–Crippen MR) is 103 cm³/mol. The number of aromatic amines is 1. The maximum absolute atomic E-state index is 12.5. The second-order valence-electron chi connectivity index (χ2n) is 6.64. The molecule has 1 fully saturated rings. The van der Waals surface area contributed by atoms with Crippen molar-refractivity contribution in [2.24, 2.45) is 0 Å². The third-order valence-corrected chi connectivity index (χ3v) is 5.39. The van der Waals surface area contributed by atoms with Crippen molar-refractivity contribution in [1.82, 2.24) is 19.7 Å². The first-order chi connectivity index (χ1) is 12.6. The van der Waals surface area contributed by atoms with Gasteiger partial charge < -0.3 is 14.2 Å². The van der Waals surface area contributed by atoms with Crippen LogP contribution < -0.4 is 4.74 Å². The fourth-order valence-electron chi connectivity index (χ4n) is 3.57. The minimum Gasteiger partial charge on any atom is -0.497 e. The number of hydrogen-bond donors (Lipinski definition) is 1. The van der Waals surface area contributed by atoms with E-state index in [4.69, 9.17) is 17.0 Å². The number of H-pyrrole nitrogens is 1. The summed E-state index contributed by atoms with van der Waals surface area (Å²) >= 11 is 5.28. The second-order valence-corrected chi connectivity index (χ2v) is 7.02. The number of rotatable bonds is 6. The fourth-order valence-corrected chi connectivity index (χ4v) is 3.84. The highest BCUT2D eigenvalue weighted by Gasteiger charge is 2.26. The molecule has 0 atom stereocenters. The molecule has 1 aliphatic rings. The Morgan fingerprint density at radius 3 is 2.85 bits per heavy atom. The summed E-state index contributed by atoms with van der Waals surface area (Å²) in [5, 5.41) is 7.30. The van der Waals surface area contributed by atoms with E-state index in [1.54, 1.807) is 7.11 Å². The third-order valence-electron chi connectivity index (χ3n) is 5.08. The highest BCUT2D eigenvalue weighted by atomic mass is 32.1. The first-order valence-corrected chi connectivity index (χ1v) is 9.59. The molecule has 0 aliphatic carbocycles. The number of carbonyl (C=O) groups is 1. The lowest BCUT2D eigenvalue weighted by molar-refractivity contribution is -0.132. The van der Waals surface area contributed by atoms with Crippen molar-refractivity contribution >= 4 is 18.1 Å². The van der Waals surface area contributed by atoms with E-state index in [2.05, 4.69) is 21.7 Å². The average Bonchev–Trinajstić information content (AvgIpc) is 3.06. The monoisotopic (exact) mass is 374 g/mol. The van der Waals surface area contributed by atoms with Crippen LogP contribution in [0.25, 0.3) is 0 Å². The molecule has 0 saturated carbocycles. The van der Waals surface area contributed by atoms with Crippen molar-refractivity contribution in [3.63, 3.8) is 0 Å². The number of likely N-dealkylation sites (tertiary alicyclic amines) is 1. The van der Waals surface area contributed by atoms with E-state index in [0.29, 0.717) is 17.1 Å². The van der Waals surface area contributed by atoms with Crippen LogP contribution in [0.3, 0.4) is 0 Å². The van der Waals surface area contributed by atoms with Crippen LogP contribution in [0.1, 0.15) is 43.5 Å². The normalized spacial score (nSPS) is 15.2. The Balaban J connectivity index is 1.52. The summed E-state index contributed by atoms with van der Waals surface area (Å²) in [7, 11) is 1.66. The Bertz CT molecular complexity index is 806. The number of aromatic nitrogens is 3. The van der Waals surface area contributed by atoms with Crippen LogP contribution in [0, 0.1) is 4.77 Å². The SMILES string of the molecule is CCn1c(C2CCN(C(=O)CCc3cccc(OC)c3)CC2)n[nH]c1=S. The standard InChI is InChI=1S/C19H26N4O2S/c1-3-23-18(20-21-19(23)26)15-9-11-22(12-10-15)17(24)8-7-14-5-4-6-16(13-14)25-2/h4-6,13,15H,3,7-12H2,1-2H3,(H,21,26). The molecule has 3 rings (SSSR count). The van der Waals surface area contributed by atoms with E-state index >= 15 is 0 Å².